The topological polar surface area (TPSA) is 84.2 Å². The van der Waals surface area contributed by atoms with Crippen LogP contribution in [0.15, 0.2) is 59.3 Å². The third-order valence-electron chi connectivity index (χ3n) is 3.46. The maximum atomic E-state index is 12.4. The van der Waals surface area contributed by atoms with Crippen LogP contribution in [0.5, 0.6) is 0 Å². The number of aromatic nitrogens is 1. The number of carbonyl (C=O) groups is 2. The number of rotatable bonds is 5. The maximum absolute atomic E-state index is 12.4. The van der Waals surface area contributed by atoms with Crippen molar-refractivity contribution >= 4 is 40.7 Å². The molecule has 0 unspecified atom stereocenters. The highest BCUT2D eigenvalue weighted by Crippen LogP contribution is 2.29. The predicted octanol–water partition coefficient (Wildman–Crippen LogP) is 4.16. The van der Waals surface area contributed by atoms with Crippen molar-refractivity contribution in [3.8, 4) is 0 Å². The van der Waals surface area contributed by atoms with Crippen molar-refractivity contribution in [2.75, 3.05) is 5.32 Å². The zero-order valence-corrected chi connectivity index (χ0v) is 14.8. The molecule has 3 rings (SSSR count). The van der Waals surface area contributed by atoms with Crippen LogP contribution in [-0.4, -0.2) is 16.8 Å². The fourth-order valence-electron chi connectivity index (χ4n) is 2.17. The summed E-state index contributed by atoms with van der Waals surface area (Å²) in [5, 5.41) is 5.88. The fraction of sp³-hybridized carbons (Fsp3) is 0.0556. The van der Waals surface area contributed by atoms with E-state index in [0.717, 1.165) is 0 Å². The summed E-state index contributed by atoms with van der Waals surface area (Å²) < 4.78 is 5.15. The van der Waals surface area contributed by atoms with Crippen LogP contribution >= 0.6 is 23.2 Å². The molecule has 3 aromatic rings. The molecule has 26 heavy (non-hydrogen) atoms. The summed E-state index contributed by atoms with van der Waals surface area (Å²) in [6.45, 7) is 0.244. The summed E-state index contributed by atoms with van der Waals surface area (Å²) in [6, 6.07) is 11.3. The van der Waals surface area contributed by atoms with Gasteiger partial charge in [0, 0.05) is 11.8 Å². The molecule has 0 aliphatic rings. The molecule has 132 valence electrons. The van der Waals surface area contributed by atoms with Crippen LogP contribution in [0.1, 0.15) is 26.6 Å². The van der Waals surface area contributed by atoms with Crippen molar-refractivity contribution in [2.24, 2.45) is 0 Å². The molecule has 0 saturated heterocycles. The number of nitrogens with zero attached hydrogens (tertiary/aromatic N) is 1. The molecule has 0 saturated carbocycles. The van der Waals surface area contributed by atoms with Gasteiger partial charge in [0.05, 0.1) is 28.5 Å². The molecule has 2 aromatic heterocycles. The van der Waals surface area contributed by atoms with Gasteiger partial charge in [0.25, 0.3) is 11.8 Å². The Balaban J connectivity index is 1.70. The number of benzene rings is 1. The van der Waals surface area contributed by atoms with Gasteiger partial charge in [-0.3, -0.25) is 14.6 Å². The molecule has 0 aliphatic heterocycles. The number of pyridine rings is 1. The molecule has 2 N–H and O–H groups in total. The molecular formula is C18H13Cl2N3O3. The minimum absolute atomic E-state index is 0.0756. The van der Waals surface area contributed by atoms with Crippen molar-refractivity contribution in [1.29, 1.82) is 0 Å². The van der Waals surface area contributed by atoms with E-state index >= 15 is 0 Å². The minimum Gasteiger partial charge on any atom is -0.467 e. The van der Waals surface area contributed by atoms with Gasteiger partial charge in [-0.15, -0.1) is 0 Å². The Morgan fingerprint density at radius 3 is 2.69 bits per heavy atom. The summed E-state index contributed by atoms with van der Waals surface area (Å²) in [4.78, 5) is 28.6. The average molecular weight is 390 g/mol. The number of hydrogen-bond acceptors (Lipinski definition) is 4. The Morgan fingerprint density at radius 2 is 1.92 bits per heavy atom. The van der Waals surface area contributed by atoms with E-state index in [0.29, 0.717) is 22.0 Å². The second kappa shape index (κ2) is 8.03. The van der Waals surface area contributed by atoms with Gasteiger partial charge in [-0.1, -0.05) is 29.3 Å². The van der Waals surface area contributed by atoms with Crippen LogP contribution in [0.3, 0.4) is 0 Å². The number of furan rings is 1. The van der Waals surface area contributed by atoms with Crippen LogP contribution in [0.4, 0.5) is 5.69 Å². The quantitative estimate of drug-likeness (QED) is 0.685. The molecule has 0 atom stereocenters. The Labute approximate surface area is 159 Å². The van der Waals surface area contributed by atoms with Crippen molar-refractivity contribution in [3.05, 3.63) is 82.0 Å². The molecule has 0 aliphatic carbocycles. The normalized spacial score (nSPS) is 10.4. The van der Waals surface area contributed by atoms with Gasteiger partial charge in [0.2, 0.25) is 0 Å². The molecule has 8 heteroatoms. The van der Waals surface area contributed by atoms with Crippen LogP contribution in [0.2, 0.25) is 10.0 Å². The first kappa shape index (κ1) is 18.0. The van der Waals surface area contributed by atoms with Gasteiger partial charge < -0.3 is 15.1 Å². The Bertz CT molecular complexity index is 943. The highest BCUT2D eigenvalue weighted by atomic mass is 35.5. The van der Waals surface area contributed by atoms with Crippen molar-refractivity contribution in [1.82, 2.24) is 10.3 Å². The molecule has 1 aromatic carbocycles. The smallest absolute Gasteiger partial charge is 0.274 e. The van der Waals surface area contributed by atoms with Gasteiger partial charge >= 0.3 is 0 Å². The highest BCUT2D eigenvalue weighted by Gasteiger charge is 2.14. The van der Waals surface area contributed by atoms with Gasteiger partial charge in [0.1, 0.15) is 11.5 Å². The number of anilines is 1. The average Bonchev–Trinajstić information content (AvgIpc) is 3.17. The second-order valence-electron chi connectivity index (χ2n) is 5.25. The SMILES string of the molecule is O=C(NCc1ccco1)c1ccnc(C(=O)Nc2cccc(Cl)c2Cl)c1. The Hall–Kier alpha value is -2.83. The van der Waals surface area contributed by atoms with E-state index in [-0.39, 0.29) is 23.2 Å². The largest absolute Gasteiger partial charge is 0.467 e. The third-order valence-corrected chi connectivity index (χ3v) is 4.28. The summed E-state index contributed by atoms with van der Waals surface area (Å²) in [7, 11) is 0. The summed E-state index contributed by atoms with van der Waals surface area (Å²) in [5.74, 6) is -0.227. The zero-order valence-electron chi connectivity index (χ0n) is 13.3. The number of nitrogens with one attached hydrogen (secondary N) is 2. The predicted molar refractivity (Wildman–Crippen MR) is 98.5 cm³/mol. The first-order valence-electron chi connectivity index (χ1n) is 7.56. The molecule has 0 radical (unpaired) electrons. The van der Waals surface area contributed by atoms with E-state index in [1.165, 1.54) is 24.6 Å². The number of halogens is 2. The third kappa shape index (κ3) is 4.22. The monoisotopic (exact) mass is 389 g/mol. The summed E-state index contributed by atoms with van der Waals surface area (Å²) >= 11 is 12.0. The minimum atomic E-state index is -0.505. The maximum Gasteiger partial charge on any atom is 0.274 e. The number of amides is 2. The van der Waals surface area contributed by atoms with Crippen LogP contribution < -0.4 is 10.6 Å². The van der Waals surface area contributed by atoms with Gasteiger partial charge in [-0.2, -0.15) is 0 Å². The lowest BCUT2D eigenvalue weighted by atomic mass is 10.2. The van der Waals surface area contributed by atoms with Crippen LogP contribution in [-0.2, 0) is 6.54 Å². The van der Waals surface area contributed by atoms with Crippen molar-refractivity contribution < 1.29 is 14.0 Å². The van der Waals surface area contributed by atoms with E-state index in [1.54, 1.807) is 30.3 Å². The lowest BCUT2D eigenvalue weighted by molar-refractivity contribution is 0.0948. The van der Waals surface area contributed by atoms with Gasteiger partial charge in [-0.05, 0) is 36.4 Å². The number of hydrogen-bond donors (Lipinski definition) is 2. The molecule has 2 amide bonds. The molecule has 6 nitrogen and oxygen atoms in total. The highest BCUT2D eigenvalue weighted by molar-refractivity contribution is 6.44. The van der Waals surface area contributed by atoms with Crippen LogP contribution in [0.25, 0.3) is 0 Å². The first-order valence-corrected chi connectivity index (χ1v) is 8.32. The van der Waals surface area contributed by atoms with E-state index in [2.05, 4.69) is 15.6 Å². The summed E-state index contributed by atoms with van der Waals surface area (Å²) in [6.07, 6.45) is 2.91. The molecule has 2 heterocycles. The van der Waals surface area contributed by atoms with E-state index < -0.39 is 5.91 Å². The van der Waals surface area contributed by atoms with Crippen molar-refractivity contribution in [2.45, 2.75) is 6.54 Å². The second-order valence-corrected chi connectivity index (χ2v) is 6.03. The van der Waals surface area contributed by atoms with E-state index in [9.17, 15) is 9.59 Å². The molecule has 0 fully saturated rings. The standard InChI is InChI=1S/C18H13Cl2N3O3/c19-13-4-1-5-14(16(13)20)23-18(25)15-9-11(6-7-21-15)17(24)22-10-12-3-2-8-26-12/h1-9H,10H2,(H,22,24)(H,23,25). The first-order chi connectivity index (χ1) is 12.5. The van der Waals surface area contributed by atoms with E-state index in [1.807, 2.05) is 0 Å². The Kier molecular flexibility index (Phi) is 5.55. The summed E-state index contributed by atoms with van der Waals surface area (Å²) in [5.41, 5.74) is 0.735. The van der Waals surface area contributed by atoms with Gasteiger partial charge in [0.15, 0.2) is 0 Å². The molecule has 0 bridgehead atoms. The van der Waals surface area contributed by atoms with Gasteiger partial charge in [-0.25, -0.2) is 0 Å². The molecule has 0 spiro atoms. The van der Waals surface area contributed by atoms with Crippen molar-refractivity contribution in [3.63, 3.8) is 0 Å². The lowest BCUT2D eigenvalue weighted by Crippen LogP contribution is -2.23. The van der Waals surface area contributed by atoms with Crippen LogP contribution in [0, 0.1) is 0 Å². The number of carbonyl (C=O) groups excluding carboxylic acids is 2. The molecular weight excluding hydrogens is 377 g/mol. The lowest BCUT2D eigenvalue weighted by Gasteiger charge is -2.09. The zero-order chi connectivity index (χ0) is 18.5. The fourth-order valence-corrected chi connectivity index (χ4v) is 2.51. The Morgan fingerprint density at radius 1 is 1.08 bits per heavy atom. The van der Waals surface area contributed by atoms with E-state index in [4.69, 9.17) is 27.6 Å².